The van der Waals surface area contributed by atoms with Gasteiger partial charge in [-0.3, -0.25) is 9.59 Å². The molecule has 0 bridgehead atoms. The third-order valence-corrected chi connectivity index (χ3v) is 2.75. The lowest BCUT2D eigenvalue weighted by Crippen LogP contribution is -2.29. The Hall–Kier alpha value is -2.29. The summed E-state index contributed by atoms with van der Waals surface area (Å²) in [4.78, 5) is 22.4. The number of aromatic nitrogens is 4. The first kappa shape index (κ1) is 11.2. The van der Waals surface area contributed by atoms with Crippen molar-refractivity contribution in [1.82, 2.24) is 25.5 Å². The highest BCUT2D eigenvalue weighted by Crippen LogP contribution is 2.19. The van der Waals surface area contributed by atoms with E-state index in [4.69, 9.17) is 5.11 Å². The number of amides is 1. The monoisotopic (exact) mass is 253 g/mol. The maximum Gasteiger partial charge on any atom is 0.322 e. The number of carboxylic acid groups (broad SMARTS) is 1. The van der Waals surface area contributed by atoms with Crippen molar-refractivity contribution < 1.29 is 14.7 Å². The second-order valence-electron chi connectivity index (χ2n) is 2.97. The van der Waals surface area contributed by atoms with E-state index in [0.717, 1.165) is 0 Å². The Labute approximate surface area is 98.9 Å². The summed E-state index contributed by atoms with van der Waals surface area (Å²) in [5, 5.41) is 23.0. The molecule has 2 N–H and O–H groups in total. The Balaban J connectivity index is 2.19. The van der Waals surface area contributed by atoms with Gasteiger partial charge in [0.1, 0.15) is 17.7 Å². The first-order valence-corrected chi connectivity index (χ1v) is 5.37. The maximum absolute atomic E-state index is 11.7. The van der Waals surface area contributed by atoms with Gasteiger partial charge in [-0.05, 0) is 21.9 Å². The molecule has 0 atom stereocenters. The summed E-state index contributed by atoms with van der Waals surface area (Å²) in [5.74, 6) is -1.56. The van der Waals surface area contributed by atoms with Crippen LogP contribution in [-0.2, 0) is 4.79 Å². The number of tetrazole rings is 1. The zero-order valence-electron chi connectivity index (χ0n) is 8.40. The van der Waals surface area contributed by atoms with Gasteiger partial charge in [0, 0.05) is 0 Å². The molecule has 2 aromatic heterocycles. The quantitative estimate of drug-likeness (QED) is 0.762. The van der Waals surface area contributed by atoms with Gasteiger partial charge < -0.3 is 10.4 Å². The highest BCUT2D eigenvalue weighted by Gasteiger charge is 2.15. The Morgan fingerprint density at radius 3 is 3.00 bits per heavy atom. The Bertz CT molecular complexity index is 535. The highest BCUT2D eigenvalue weighted by molar-refractivity contribution is 7.12. The third-order valence-electron chi connectivity index (χ3n) is 1.85. The average molecular weight is 253 g/mol. The van der Waals surface area contributed by atoms with E-state index in [9.17, 15) is 9.59 Å². The summed E-state index contributed by atoms with van der Waals surface area (Å²) in [6.07, 6.45) is 1.36. The molecule has 17 heavy (non-hydrogen) atoms. The summed E-state index contributed by atoms with van der Waals surface area (Å²) < 4.78 is 1.34. The van der Waals surface area contributed by atoms with Crippen LogP contribution in [0.15, 0.2) is 17.8 Å². The molecule has 0 saturated carbocycles. The van der Waals surface area contributed by atoms with Crippen molar-refractivity contribution in [2.75, 3.05) is 6.54 Å². The third kappa shape index (κ3) is 2.45. The van der Waals surface area contributed by atoms with E-state index in [-0.39, 0.29) is 0 Å². The molecule has 0 unspecified atom stereocenters. The van der Waals surface area contributed by atoms with Gasteiger partial charge >= 0.3 is 5.97 Å². The molecule has 0 fully saturated rings. The molecule has 0 aliphatic carbocycles. The number of aliphatic carboxylic acids is 1. The zero-order valence-corrected chi connectivity index (χ0v) is 9.22. The minimum absolute atomic E-state index is 0.360. The van der Waals surface area contributed by atoms with Crippen LogP contribution in [0.5, 0.6) is 0 Å². The van der Waals surface area contributed by atoms with E-state index in [1.807, 2.05) is 0 Å². The van der Waals surface area contributed by atoms with Crippen molar-refractivity contribution in [3.63, 3.8) is 0 Å². The van der Waals surface area contributed by atoms with Crippen LogP contribution in [0, 0.1) is 0 Å². The van der Waals surface area contributed by atoms with E-state index >= 15 is 0 Å². The average Bonchev–Trinajstić information content (AvgIpc) is 2.94. The minimum Gasteiger partial charge on any atom is -0.480 e. The van der Waals surface area contributed by atoms with Crippen molar-refractivity contribution in [2.45, 2.75) is 0 Å². The molecule has 2 rings (SSSR count). The van der Waals surface area contributed by atoms with Gasteiger partial charge in [-0.15, -0.1) is 16.4 Å². The van der Waals surface area contributed by atoms with Gasteiger partial charge in [-0.25, -0.2) is 0 Å². The topological polar surface area (TPSA) is 110 Å². The van der Waals surface area contributed by atoms with Gasteiger partial charge in [0.05, 0.1) is 5.69 Å². The smallest absolute Gasteiger partial charge is 0.322 e. The molecule has 0 radical (unpaired) electrons. The molecule has 0 aliphatic heterocycles. The van der Waals surface area contributed by atoms with Crippen molar-refractivity contribution in [3.05, 3.63) is 22.7 Å². The predicted octanol–water partition coefficient (Wildman–Crippen LogP) is -0.462. The van der Waals surface area contributed by atoms with Crippen LogP contribution >= 0.6 is 11.3 Å². The van der Waals surface area contributed by atoms with Crippen molar-refractivity contribution in [2.24, 2.45) is 0 Å². The van der Waals surface area contributed by atoms with Crippen LogP contribution in [0.25, 0.3) is 5.69 Å². The fourth-order valence-corrected chi connectivity index (χ4v) is 1.96. The number of hydrogen-bond acceptors (Lipinski definition) is 6. The van der Waals surface area contributed by atoms with Gasteiger partial charge in [-0.1, -0.05) is 0 Å². The Morgan fingerprint density at radius 2 is 2.35 bits per heavy atom. The first-order valence-electron chi connectivity index (χ1n) is 4.49. The van der Waals surface area contributed by atoms with Crippen LogP contribution in [0.3, 0.4) is 0 Å². The van der Waals surface area contributed by atoms with Gasteiger partial charge in [-0.2, -0.15) is 4.68 Å². The Kier molecular flexibility index (Phi) is 3.10. The van der Waals surface area contributed by atoms with Crippen LogP contribution < -0.4 is 5.32 Å². The molecule has 0 spiro atoms. The lowest BCUT2D eigenvalue weighted by Gasteiger charge is -2.02. The van der Waals surface area contributed by atoms with Crippen molar-refractivity contribution >= 4 is 23.2 Å². The van der Waals surface area contributed by atoms with Gasteiger partial charge in [0.2, 0.25) is 0 Å². The second kappa shape index (κ2) is 4.70. The largest absolute Gasteiger partial charge is 0.480 e. The number of thiophene rings is 1. The second-order valence-corrected chi connectivity index (χ2v) is 3.88. The normalized spacial score (nSPS) is 10.1. The lowest BCUT2D eigenvalue weighted by atomic mass is 10.3. The molecule has 8 nitrogen and oxygen atoms in total. The molecule has 2 aromatic rings. The number of nitrogens with zero attached hydrogens (tertiary/aromatic N) is 4. The first-order chi connectivity index (χ1) is 8.18. The van der Waals surface area contributed by atoms with Crippen molar-refractivity contribution in [3.8, 4) is 5.69 Å². The summed E-state index contributed by atoms with van der Waals surface area (Å²) >= 11 is 1.19. The minimum atomic E-state index is -1.10. The molecule has 88 valence electrons. The van der Waals surface area contributed by atoms with Gasteiger partial charge in [0.25, 0.3) is 5.91 Å². The van der Waals surface area contributed by atoms with Crippen LogP contribution in [0.1, 0.15) is 9.67 Å². The molecule has 0 saturated heterocycles. The molecule has 9 heteroatoms. The van der Waals surface area contributed by atoms with E-state index in [2.05, 4.69) is 20.8 Å². The summed E-state index contributed by atoms with van der Waals surface area (Å²) in [5.41, 5.74) is 0.517. The number of rotatable bonds is 4. The summed E-state index contributed by atoms with van der Waals surface area (Å²) in [6, 6.07) is 1.68. The van der Waals surface area contributed by atoms with Crippen molar-refractivity contribution in [1.29, 1.82) is 0 Å². The maximum atomic E-state index is 11.7. The summed E-state index contributed by atoms with van der Waals surface area (Å²) in [6.45, 7) is -0.425. The van der Waals surface area contributed by atoms with Crippen LogP contribution in [0.2, 0.25) is 0 Å². The number of carbonyl (C=O) groups is 2. The molecule has 2 heterocycles. The van der Waals surface area contributed by atoms with Crippen LogP contribution in [0.4, 0.5) is 0 Å². The van der Waals surface area contributed by atoms with Gasteiger partial charge in [0.15, 0.2) is 0 Å². The summed E-state index contributed by atoms with van der Waals surface area (Å²) in [7, 11) is 0. The van der Waals surface area contributed by atoms with E-state index in [1.54, 1.807) is 11.4 Å². The lowest BCUT2D eigenvalue weighted by molar-refractivity contribution is -0.135. The number of carboxylic acids is 1. The number of carbonyl (C=O) groups excluding carboxylic acids is 1. The highest BCUT2D eigenvalue weighted by atomic mass is 32.1. The van der Waals surface area contributed by atoms with Crippen LogP contribution in [-0.4, -0.2) is 43.7 Å². The number of nitrogens with one attached hydrogen (secondary N) is 1. The van der Waals surface area contributed by atoms with E-state index in [0.29, 0.717) is 10.6 Å². The fraction of sp³-hybridized carbons (Fsp3) is 0.125. The SMILES string of the molecule is O=C(O)CNC(=O)c1sccc1-n1cnnn1. The Morgan fingerprint density at radius 1 is 1.53 bits per heavy atom. The fourth-order valence-electron chi connectivity index (χ4n) is 1.16. The van der Waals surface area contributed by atoms with E-state index < -0.39 is 18.4 Å². The molecule has 0 aliphatic rings. The molecular formula is C8H7N5O3S. The molecule has 0 aromatic carbocycles. The molecular weight excluding hydrogens is 246 g/mol. The predicted molar refractivity (Wildman–Crippen MR) is 57.0 cm³/mol. The zero-order chi connectivity index (χ0) is 12.3. The van der Waals surface area contributed by atoms with E-state index in [1.165, 1.54) is 22.3 Å². The molecule has 1 amide bonds. The standard InChI is InChI=1S/C8H7N5O3S/c14-6(15)3-9-8(16)7-5(1-2-17-7)13-4-10-11-12-13/h1-2,4H,3H2,(H,9,16)(H,14,15). The number of hydrogen-bond donors (Lipinski definition) is 2.